The fourth-order valence-corrected chi connectivity index (χ4v) is 2.24. The summed E-state index contributed by atoms with van der Waals surface area (Å²) < 4.78 is 32.5. The molecule has 3 nitrogen and oxygen atoms in total. The first-order valence-electron chi connectivity index (χ1n) is 5.63. The van der Waals surface area contributed by atoms with E-state index in [0.29, 0.717) is 13.1 Å². The lowest BCUT2D eigenvalue weighted by Crippen LogP contribution is -2.46. The minimum absolute atomic E-state index is 0.0270. The van der Waals surface area contributed by atoms with Crippen LogP contribution in [0.4, 0.5) is 20.2 Å². The Bertz CT molecular complexity index is 415. The molecule has 1 saturated heterocycles. The predicted molar refractivity (Wildman–Crippen MR) is 63.0 cm³/mol. The lowest BCUT2D eigenvalue weighted by atomic mass is 10.1. The molecule has 0 amide bonds. The van der Waals surface area contributed by atoms with Crippen molar-refractivity contribution in [2.24, 2.45) is 0 Å². The molecule has 1 aliphatic heterocycles. The van der Waals surface area contributed by atoms with Gasteiger partial charge in [-0.2, -0.15) is 0 Å². The fraction of sp³-hybridized carbons (Fsp3) is 0.500. The number of anilines is 2. The summed E-state index contributed by atoms with van der Waals surface area (Å²) in [7, 11) is 0. The Morgan fingerprint density at radius 1 is 1.24 bits per heavy atom. The number of nitrogen functional groups attached to an aromatic ring is 1. The zero-order valence-corrected chi connectivity index (χ0v) is 9.91. The van der Waals surface area contributed by atoms with E-state index in [9.17, 15) is 8.78 Å². The summed E-state index contributed by atoms with van der Waals surface area (Å²) in [4.78, 5) is 1.74. The van der Waals surface area contributed by atoms with Crippen molar-refractivity contribution in [1.29, 1.82) is 0 Å². The second-order valence-corrected chi connectivity index (χ2v) is 4.46. The van der Waals surface area contributed by atoms with E-state index in [4.69, 9.17) is 10.5 Å². The second-order valence-electron chi connectivity index (χ2n) is 4.46. The molecular weight excluding hydrogens is 226 g/mol. The Labute approximate surface area is 99.2 Å². The summed E-state index contributed by atoms with van der Waals surface area (Å²) in [6.45, 7) is 4.82. The highest BCUT2D eigenvalue weighted by Gasteiger charge is 2.26. The summed E-state index contributed by atoms with van der Waals surface area (Å²) in [6, 6.07) is 2.43. The lowest BCUT2D eigenvalue weighted by molar-refractivity contribution is -0.00537. The molecule has 5 heteroatoms. The SMILES string of the molecule is C[C@@H]1CN(c2c(N)ccc(F)c2F)C[C@H](C)O1. The van der Waals surface area contributed by atoms with Crippen molar-refractivity contribution in [3.63, 3.8) is 0 Å². The number of ether oxygens (including phenoxy) is 1. The number of nitrogens with zero attached hydrogens (tertiary/aromatic N) is 1. The number of nitrogens with two attached hydrogens (primary N) is 1. The van der Waals surface area contributed by atoms with Crippen LogP contribution in [0.5, 0.6) is 0 Å². The van der Waals surface area contributed by atoms with Gasteiger partial charge in [-0.25, -0.2) is 8.78 Å². The Morgan fingerprint density at radius 3 is 2.41 bits per heavy atom. The number of halogens is 2. The third-order valence-corrected chi connectivity index (χ3v) is 2.84. The van der Waals surface area contributed by atoms with Crippen LogP contribution in [0.3, 0.4) is 0 Å². The molecule has 0 aliphatic carbocycles. The van der Waals surface area contributed by atoms with Gasteiger partial charge in [-0.3, -0.25) is 0 Å². The predicted octanol–water partition coefficient (Wildman–Crippen LogP) is 2.16. The standard InChI is InChI=1S/C12H16F2N2O/c1-7-5-16(6-8(2)17-7)12-10(15)4-3-9(13)11(12)14/h3-4,7-8H,5-6,15H2,1-2H3/t7-,8+. The smallest absolute Gasteiger partial charge is 0.184 e. The van der Waals surface area contributed by atoms with Gasteiger partial charge in [-0.1, -0.05) is 0 Å². The van der Waals surface area contributed by atoms with Gasteiger partial charge >= 0.3 is 0 Å². The molecule has 1 heterocycles. The molecule has 0 bridgehead atoms. The van der Waals surface area contributed by atoms with Crippen LogP contribution in [0.25, 0.3) is 0 Å². The van der Waals surface area contributed by atoms with Gasteiger partial charge in [0.2, 0.25) is 0 Å². The first kappa shape index (κ1) is 12.1. The third-order valence-electron chi connectivity index (χ3n) is 2.84. The maximum Gasteiger partial charge on any atom is 0.184 e. The van der Waals surface area contributed by atoms with Crippen molar-refractivity contribution in [3.05, 3.63) is 23.8 Å². The van der Waals surface area contributed by atoms with Crippen LogP contribution in [-0.4, -0.2) is 25.3 Å². The molecular formula is C12H16F2N2O. The maximum absolute atomic E-state index is 13.8. The van der Waals surface area contributed by atoms with Crippen LogP contribution in [-0.2, 0) is 4.74 Å². The molecule has 2 atom stereocenters. The van der Waals surface area contributed by atoms with E-state index in [1.165, 1.54) is 6.07 Å². The molecule has 0 saturated carbocycles. The summed E-state index contributed by atoms with van der Waals surface area (Å²) in [5.41, 5.74) is 6.12. The van der Waals surface area contributed by atoms with Gasteiger partial charge in [0, 0.05) is 13.1 Å². The first-order chi connectivity index (χ1) is 7.99. The second kappa shape index (κ2) is 4.49. The maximum atomic E-state index is 13.8. The van der Waals surface area contributed by atoms with E-state index >= 15 is 0 Å². The number of hydrogen-bond donors (Lipinski definition) is 1. The minimum Gasteiger partial charge on any atom is -0.397 e. The van der Waals surface area contributed by atoms with Crippen LogP contribution in [0.2, 0.25) is 0 Å². The van der Waals surface area contributed by atoms with Gasteiger partial charge < -0.3 is 15.4 Å². The van der Waals surface area contributed by atoms with E-state index in [0.717, 1.165) is 6.07 Å². The molecule has 94 valence electrons. The monoisotopic (exact) mass is 242 g/mol. The Hall–Kier alpha value is -1.36. The largest absolute Gasteiger partial charge is 0.397 e. The van der Waals surface area contributed by atoms with Crippen molar-refractivity contribution in [2.45, 2.75) is 26.1 Å². The molecule has 1 fully saturated rings. The molecule has 2 rings (SSSR count). The number of rotatable bonds is 1. The summed E-state index contributed by atoms with van der Waals surface area (Å²) >= 11 is 0. The van der Waals surface area contributed by atoms with E-state index in [1.54, 1.807) is 4.90 Å². The van der Waals surface area contributed by atoms with Gasteiger partial charge in [0.25, 0.3) is 0 Å². The van der Waals surface area contributed by atoms with E-state index in [2.05, 4.69) is 0 Å². The van der Waals surface area contributed by atoms with Crippen molar-refractivity contribution < 1.29 is 13.5 Å². The van der Waals surface area contributed by atoms with Crippen LogP contribution in [0, 0.1) is 11.6 Å². The molecule has 1 aliphatic rings. The molecule has 0 radical (unpaired) electrons. The lowest BCUT2D eigenvalue weighted by Gasteiger charge is -2.37. The average molecular weight is 242 g/mol. The van der Waals surface area contributed by atoms with E-state index in [1.807, 2.05) is 13.8 Å². The van der Waals surface area contributed by atoms with Gasteiger partial charge in [0.05, 0.1) is 23.6 Å². The molecule has 0 unspecified atom stereocenters. The van der Waals surface area contributed by atoms with Crippen molar-refractivity contribution in [2.75, 3.05) is 23.7 Å². The summed E-state index contributed by atoms with van der Waals surface area (Å²) in [6.07, 6.45) is -0.0540. The number of benzene rings is 1. The Morgan fingerprint density at radius 2 is 1.82 bits per heavy atom. The zero-order chi connectivity index (χ0) is 12.6. The van der Waals surface area contributed by atoms with Gasteiger partial charge in [-0.05, 0) is 26.0 Å². The van der Waals surface area contributed by atoms with Crippen LogP contribution in [0.15, 0.2) is 12.1 Å². The normalized spacial score (nSPS) is 25.1. The summed E-state index contributed by atoms with van der Waals surface area (Å²) in [5.74, 6) is -1.76. The molecule has 17 heavy (non-hydrogen) atoms. The van der Waals surface area contributed by atoms with E-state index in [-0.39, 0.29) is 23.6 Å². The van der Waals surface area contributed by atoms with Crippen molar-refractivity contribution in [1.82, 2.24) is 0 Å². The van der Waals surface area contributed by atoms with Crippen LogP contribution < -0.4 is 10.6 Å². The first-order valence-corrected chi connectivity index (χ1v) is 5.63. The Kier molecular flexibility index (Phi) is 3.19. The average Bonchev–Trinajstić information content (AvgIpc) is 2.23. The molecule has 1 aromatic carbocycles. The zero-order valence-electron chi connectivity index (χ0n) is 9.91. The van der Waals surface area contributed by atoms with Gasteiger partial charge in [-0.15, -0.1) is 0 Å². The quantitative estimate of drug-likeness (QED) is 0.767. The summed E-state index contributed by atoms with van der Waals surface area (Å²) in [5, 5.41) is 0. The van der Waals surface area contributed by atoms with Crippen LogP contribution >= 0.6 is 0 Å². The van der Waals surface area contributed by atoms with Gasteiger partial charge in [0.1, 0.15) is 0 Å². The van der Waals surface area contributed by atoms with Crippen molar-refractivity contribution in [3.8, 4) is 0 Å². The molecule has 0 aromatic heterocycles. The molecule has 2 N–H and O–H groups in total. The number of morpholine rings is 1. The highest BCUT2D eigenvalue weighted by atomic mass is 19.2. The van der Waals surface area contributed by atoms with Crippen molar-refractivity contribution >= 4 is 11.4 Å². The van der Waals surface area contributed by atoms with E-state index < -0.39 is 11.6 Å². The highest BCUT2D eigenvalue weighted by molar-refractivity contribution is 5.68. The third kappa shape index (κ3) is 2.34. The number of hydrogen-bond acceptors (Lipinski definition) is 3. The molecule has 1 aromatic rings. The minimum atomic E-state index is -0.883. The Balaban J connectivity index is 2.36. The van der Waals surface area contributed by atoms with Gasteiger partial charge in [0.15, 0.2) is 11.6 Å². The van der Waals surface area contributed by atoms with Crippen LogP contribution in [0.1, 0.15) is 13.8 Å². The highest BCUT2D eigenvalue weighted by Crippen LogP contribution is 2.30. The fourth-order valence-electron chi connectivity index (χ4n) is 2.24. The topological polar surface area (TPSA) is 38.5 Å². The molecule has 0 spiro atoms.